The molecule has 1 aromatic carbocycles. The number of hydrogen-bond donors (Lipinski definition) is 0. The number of nitrogens with zero attached hydrogens (tertiary/aromatic N) is 1. The molecule has 0 amide bonds. The van der Waals surface area contributed by atoms with Crippen LogP contribution in [0.3, 0.4) is 0 Å². The van der Waals surface area contributed by atoms with E-state index in [1.54, 1.807) is 16.4 Å². The SMILES string of the molecule is Cc1ccc(S(=O)(=O)N2CCC2CI)cc1. The lowest BCUT2D eigenvalue weighted by Gasteiger charge is -2.38. The summed E-state index contributed by atoms with van der Waals surface area (Å²) < 4.78 is 26.9. The van der Waals surface area contributed by atoms with Crippen molar-refractivity contribution >= 4 is 32.6 Å². The normalized spacial score (nSPS) is 21.8. The van der Waals surface area contributed by atoms with Gasteiger partial charge in [-0.2, -0.15) is 4.31 Å². The minimum absolute atomic E-state index is 0.187. The fraction of sp³-hybridized carbons (Fsp3) is 0.455. The standard InChI is InChI=1S/C11H14INO2S/c1-9-2-4-11(5-3-9)16(14,15)13-7-6-10(13)8-12/h2-5,10H,6-8H2,1H3. The first-order valence-corrected chi connectivity index (χ1v) is 8.17. The monoisotopic (exact) mass is 351 g/mol. The van der Waals surface area contributed by atoms with Gasteiger partial charge < -0.3 is 0 Å². The minimum atomic E-state index is -3.25. The highest BCUT2D eigenvalue weighted by Crippen LogP contribution is 2.28. The summed E-state index contributed by atoms with van der Waals surface area (Å²) in [4.78, 5) is 0.410. The molecule has 88 valence electrons. The van der Waals surface area contributed by atoms with Crippen LogP contribution >= 0.6 is 22.6 Å². The van der Waals surface area contributed by atoms with Crippen LogP contribution in [-0.2, 0) is 10.0 Å². The average molecular weight is 351 g/mol. The van der Waals surface area contributed by atoms with Crippen LogP contribution in [-0.4, -0.2) is 29.7 Å². The van der Waals surface area contributed by atoms with E-state index in [9.17, 15) is 8.42 Å². The van der Waals surface area contributed by atoms with E-state index >= 15 is 0 Å². The van der Waals surface area contributed by atoms with Crippen LogP contribution in [0, 0.1) is 6.92 Å². The topological polar surface area (TPSA) is 37.4 Å². The van der Waals surface area contributed by atoms with E-state index in [1.807, 2.05) is 19.1 Å². The molecule has 0 aliphatic carbocycles. The van der Waals surface area contributed by atoms with E-state index < -0.39 is 10.0 Å². The molecule has 1 aliphatic heterocycles. The average Bonchev–Trinajstić information content (AvgIpc) is 2.16. The molecule has 0 radical (unpaired) electrons. The number of aryl methyl sites for hydroxylation is 1. The molecule has 3 nitrogen and oxygen atoms in total. The molecular formula is C11H14INO2S. The van der Waals surface area contributed by atoms with Crippen molar-refractivity contribution in [1.29, 1.82) is 0 Å². The molecule has 0 N–H and O–H groups in total. The van der Waals surface area contributed by atoms with Crippen molar-refractivity contribution in [1.82, 2.24) is 4.31 Å². The fourth-order valence-electron chi connectivity index (χ4n) is 1.73. The van der Waals surface area contributed by atoms with E-state index in [1.165, 1.54) is 0 Å². The highest BCUT2D eigenvalue weighted by molar-refractivity contribution is 14.1. The van der Waals surface area contributed by atoms with E-state index in [2.05, 4.69) is 22.6 Å². The van der Waals surface area contributed by atoms with Gasteiger partial charge in [0.1, 0.15) is 0 Å². The first-order chi connectivity index (χ1) is 7.55. The first-order valence-electron chi connectivity index (χ1n) is 5.20. The van der Waals surface area contributed by atoms with Crippen LogP contribution < -0.4 is 0 Å². The number of sulfonamides is 1. The van der Waals surface area contributed by atoms with Gasteiger partial charge in [-0.1, -0.05) is 40.3 Å². The Balaban J connectivity index is 2.29. The number of rotatable bonds is 3. The van der Waals surface area contributed by atoms with Gasteiger partial charge in [-0.25, -0.2) is 8.42 Å². The second-order valence-corrected chi connectivity index (χ2v) is 6.80. The Morgan fingerprint density at radius 2 is 2.00 bits per heavy atom. The number of hydrogen-bond acceptors (Lipinski definition) is 2. The molecule has 1 aromatic rings. The Bertz CT molecular complexity index is 467. The largest absolute Gasteiger partial charge is 0.243 e. The maximum Gasteiger partial charge on any atom is 0.243 e. The molecule has 1 fully saturated rings. The highest BCUT2D eigenvalue weighted by atomic mass is 127. The van der Waals surface area contributed by atoms with Crippen LogP contribution in [0.25, 0.3) is 0 Å². The summed E-state index contributed by atoms with van der Waals surface area (Å²) in [6.45, 7) is 2.61. The van der Waals surface area contributed by atoms with Gasteiger partial charge in [0.05, 0.1) is 4.90 Å². The lowest BCUT2D eigenvalue weighted by molar-refractivity contribution is 0.224. The maximum absolute atomic E-state index is 12.2. The van der Waals surface area contributed by atoms with Gasteiger partial charge in [-0.15, -0.1) is 0 Å². The molecule has 0 saturated carbocycles. The van der Waals surface area contributed by atoms with E-state index in [0.29, 0.717) is 11.4 Å². The van der Waals surface area contributed by atoms with E-state index in [4.69, 9.17) is 0 Å². The quantitative estimate of drug-likeness (QED) is 0.619. The molecule has 1 heterocycles. The number of alkyl halides is 1. The summed E-state index contributed by atoms with van der Waals surface area (Å²) in [6.07, 6.45) is 0.980. The summed E-state index contributed by atoms with van der Waals surface area (Å²) in [7, 11) is -3.25. The predicted molar refractivity (Wildman–Crippen MR) is 72.4 cm³/mol. The number of benzene rings is 1. The highest BCUT2D eigenvalue weighted by Gasteiger charge is 2.37. The molecule has 5 heteroatoms. The van der Waals surface area contributed by atoms with Crippen LogP contribution in [0.2, 0.25) is 0 Å². The molecule has 1 saturated heterocycles. The first kappa shape index (κ1) is 12.3. The molecule has 2 rings (SSSR count). The minimum Gasteiger partial charge on any atom is -0.207 e. The second-order valence-electron chi connectivity index (χ2n) is 4.03. The van der Waals surface area contributed by atoms with Crippen molar-refractivity contribution in [2.45, 2.75) is 24.3 Å². The summed E-state index contributed by atoms with van der Waals surface area (Å²) in [5, 5.41) is 0. The Hall–Kier alpha value is -0.140. The zero-order valence-corrected chi connectivity index (χ0v) is 12.0. The van der Waals surface area contributed by atoms with Crippen molar-refractivity contribution in [2.75, 3.05) is 11.0 Å². The maximum atomic E-state index is 12.2. The Labute approximate surface area is 110 Å². The van der Waals surface area contributed by atoms with Crippen LogP contribution in [0.15, 0.2) is 29.2 Å². The molecule has 0 bridgehead atoms. The van der Waals surface area contributed by atoms with Gasteiger partial charge in [0.2, 0.25) is 10.0 Å². The molecule has 16 heavy (non-hydrogen) atoms. The van der Waals surface area contributed by atoms with Crippen LogP contribution in [0.5, 0.6) is 0 Å². The summed E-state index contributed by atoms with van der Waals surface area (Å²) in [5.74, 6) is 0. The molecule has 0 spiro atoms. The van der Waals surface area contributed by atoms with Gasteiger partial charge in [-0.3, -0.25) is 0 Å². The zero-order chi connectivity index (χ0) is 11.8. The summed E-state index contributed by atoms with van der Waals surface area (Å²) in [5.41, 5.74) is 1.08. The van der Waals surface area contributed by atoms with Gasteiger partial charge in [-0.05, 0) is 25.5 Å². The van der Waals surface area contributed by atoms with Crippen LogP contribution in [0.4, 0.5) is 0 Å². The van der Waals surface area contributed by atoms with E-state index in [0.717, 1.165) is 16.4 Å². The van der Waals surface area contributed by atoms with Gasteiger partial charge in [0.15, 0.2) is 0 Å². The van der Waals surface area contributed by atoms with Crippen LogP contribution in [0.1, 0.15) is 12.0 Å². The molecule has 0 aromatic heterocycles. The smallest absolute Gasteiger partial charge is 0.207 e. The second kappa shape index (κ2) is 4.62. The summed E-state index contributed by atoms with van der Waals surface area (Å²) >= 11 is 2.24. The van der Waals surface area contributed by atoms with Gasteiger partial charge in [0.25, 0.3) is 0 Å². The molecule has 1 aliphatic rings. The third kappa shape index (κ3) is 2.12. The van der Waals surface area contributed by atoms with Crippen molar-refractivity contribution < 1.29 is 8.42 Å². The predicted octanol–water partition coefficient (Wildman–Crippen LogP) is 2.19. The lowest BCUT2D eigenvalue weighted by atomic mass is 10.1. The summed E-state index contributed by atoms with van der Waals surface area (Å²) in [6, 6.07) is 7.24. The molecule has 1 unspecified atom stereocenters. The third-order valence-electron chi connectivity index (χ3n) is 2.90. The van der Waals surface area contributed by atoms with Crippen molar-refractivity contribution in [3.05, 3.63) is 29.8 Å². The fourth-order valence-corrected chi connectivity index (χ4v) is 4.59. The van der Waals surface area contributed by atoms with Gasteiger partial charge >= 0.3 is 0 Å². The zero-order valence-electron chi connectivity index (χ0n) is 9.06. The van der Waals surface area contributed by atoms with Crippen molar-refractivity contribution in [3.8, 4) is 0 Å². The van der Waals surface area contributed by atoms with Crippen molar-refractivity contribution in [2.24, 2.45) is 0 Å². The third-order valence-corrected chi connectivity index (χ3v) is 5.88. The number of halogens is 1. The Morgan fingerprint density at radius 3 is 2.44 bits per heavy atom. The Kier molecular flexibility index (Phi) is 3.56. The molecular weight excluding hydrogens is 337 g/mol. The van der Waals surface area contributed by atoms with E-state index in [-0.39, 0.29) is 6.04 Å². The Morgan fingerprint density at radius 1 is 1.38 bits per heavy atom. The van der Waals surface area contributed by atoms with Gasteiger partial charge in [0, 0.05) is 17.0 Å². The lowest BCUT2D eigenvalue weighted by Crippen LogP contribution is -2.51. The molecule has 1 atom stereocenters. The van der Waals surface area contributed by atoms with Crippen molar-refractivity contribution in [3.63, 3.8) is 0 Å².